The topological polar surface area (TPSA) is 49.3 Å². The van der Waals surface area contributed by atoms with Crippen LogP contribution in [0.3, 0.4) is 0 Å². The van der Waals surface area contributed by atoms with E-state index in [4.69, 9.17) is 0 Å². The highest BCUT2D eigenvalue weighted by Crippen LogP contribution is 2.42. The van der Waals surface area contributed by atoms with E-state index < -0.39 is 0 Å². The van der Waals surface area contributed by atoms with Crippen LogP contribution < -0.4 is 0 Å². The van der Waals surface area contributed by atoms with Gasteiger partial charge in [-0.2, -0.15) is 0 Å². The maximum Gasteiger partial charge on any atom is 0.229 e. The molecule has 1 spiro atoms. The molecular formula is C18H22N4OS. The fraction of sp³-hybridized carbons (Fsp3) is 0.500. The molecular weight excluding hydrogens is 320 g/mol. The van der Waals surface area contributed by atoms with Crippen molar-refractivity contribution in [3.8, 4) is 0 Å². The van der Waals surface area contributed by atoms with Gasteiger partial charge in [0.15, 0.2) is 0 Å². The van der Waals surface area contributed by atoms with Gasteiger partial charge in [0, 0.05) is 24.3 Å². The van der Waals surface area contributed by atoms with Crippen LogP contribution in [0.25, 0.3) is 0 Å². The molecule has 0 saturated carbocycles. The van der Waals surface area contributed by atoms with Gasteiger partial charge in [0.05, 0.1) is 24.2 Å². The third-order valence-electron chi connectivity index (χ3n) is 5.34. The van der Waals surface area contributed by atoms with Crippen LogP contribution in [0.1, 0.15) is 30.0 Å². The molecule has 0 aliphatic carbocycles. The van der Waals surface area contributed by atoms with Crippen LogP contribution in [-0.2, 0) is 17.9 Å². The fourth-order valence-electron chi connectivity index (χ4n) is 3.86. The summed E-state index contributed by atoms with van der Waals surface area (Å²) in [6, 6.07) is 5.89. The first-order chi connectivity index (χ1) is 11.8. The first-order valence-corrected chi connectivity index (χ1v) is 9.43. The lowest BCUT2D eigenvalue weighted by molar-refractivity contribution is -0.139. The molecule has 5 nitrogen and oxygen atoms in total. The van der Waals surface area contributed by atoms with E-state index in [0.717, 1.165) is 51.1 Å². The minimum atomic E-state index is -0.131. The normalized spacial score (nSPS) is 20.8. The molecule has 0 unspecified atom stereocenters. The molecule has 4 heterocycles. The Labute approximate surface area is 146 Å². The monoisotopic (exact) mass is 342 g/mol. The first-order valence-electron chi connectivity index (χ1n) is 8.55. The fourth-order valence-corrected chi connectivity index (χ4v) is 4.51. The molecule has 0 bridgehead atoms. The summed E-state index contributed by atoms with van der Waals surface area (Å²) in [6.45, 7) is 4.40. The zero-order chi connectivity index (χ0) is 16.4. The summed E-state index contributed by atoms with van der Waals surface area (Å²) in [5, 5.41) is 3.19. The van der Waals surface area contributed by atoms with Gasteiger partial charge in [0.25, 0.3) is 0 Å². The van der Waals surface area contributed by atoms with E-state index in [1.54, 1.807) is 17.5 Å². The van der Waals surface area contributed by atoms with E-state index >= 15 is 0 Å². The number of aromatic nitrogens is 2. The van der Waals surface area contributed by atoms with Crippen molar-refractivity contribution < 1.29 is 4.79 Å². The van der Waals surface area contributed by atoms with Gasteiger partial charge in [-0.3, -0.25) is 14.7 Å². The molecule has 2 aliphatic rings. The van der Waals surface area contributed by atoms with Crippen LogP contribution in [0.15, 0.2) is 36.0 Å². The van der Waals surface area contributed by atoms with Crippen molar-refractivity contribution in [3.63, 3.8) is 0 Å². The molecule has 4 rings (SSSR count). The van der Waals surface area contributed by atoms with Crippen LogP contribution in [0, 0.1) is 5.41 Å². The van der Waals surface area contributed by atoms with Crippen LogP contribution in [-0.4, -0.2) is 45.3 Å². The Kier molecular flexibility index (Phi) is 4.33. The minimum Gasteiger partial charge on any atom is -0.336 e. The van der Waals surface area contributed by atoms with Crippen molar-refractivity contribution in [2.24, 2.45) is 5.41 Å². The van der Waals surface area contributed by atoms with E-state index in [9.17, 15) is 4.79 Å². The molecule has 2 aromatic heterocycles. The van der Waals surface area contributed by atoms with Crippen molar-refractivity contribution in [1.82, 2.24) is 19.8 Å². The number of carbonyl (C=O) groups is 1. The van der Waals surface area contributed by atoms with Gasteiger partial charge in [-0.15, -0.1) is 11.3 Å². The number of likely N-dealkylation sites (tertiary alicyclic amines) is 2. The molecule has 24 heavy (non-hydrogen) atoms. The minimum absolute atomic E-state index is 0.131. The lowest BCUT2D eigenvalue weighted by Crippen LogP contribution is -2.44. The second kappa shape index (κ2) is 6.61. The number of rotatable bonds is 4. The summed E-state index contributed by atoms with van der Waals surface area (Å²) >= 11 is 1.71. The quantitative estimate of drug-likeness (QED) is 0.857. The number of thiazole rings is 1. The Morgan fingerprint density at radius 2 is 1.88 bits per heavy atom. The van der Waals surface area contributed by atoms with Gasteiger partial charge >= 0.3 is 0 Å². The number of hydrogen-bond acceptors (Lipinski definition) is 5. The molecule has 0 aromatic carbocycles. The van der Waals surface area contributed by atoms with Crippen LogP contribution in [0.5, 0.6) is 0 Å². The van der Waals surface area contributed by atoms with Gasteiger partial charge < -0.3 is 4.90 Å². The summed E-state index contributed by atoms with van der Waals surface area (Å²) in [6.07, 6.45) is 6.58. The van der Waals surface area contributed by atoms with Gasteiger partial charge in [-0.05, 0) is 44.5 Å². The summed E-state index contributed by atoms with van der Waals surface area (Å²) in [7, 11) is 0. The average molecular weight is 342 g/mol. The van der Waals surface area contributed by atoms with Crippen molar-refractivity contribution in [3.05, 3.63) is 46.7 Å². The molecule has 2 aromatic rings. The Morgan fingerprint density at radius 3 is 2.58 bits per heavy atom. The highest BCUT2D eigenvalue weighted by Gasteiger charge is 2.47. The molecule has 0 radical (unpaired) electrons. The highest BCUT2D eigenvalue weighted by atomic mass is 32.1. The SMILES string of the molecule is O=C1N(Cc2ccccn2)CCC12CCN(Cc1nccs1)CC2. The second-order valence-electron chi connectivity index (χ2n) is 6.78. The standard InChI is InChI=1S/C18H22N4OS/c23-17-18(6-11-22(17)13-15-3-1-2-7-19-15)4-9-21(10-5-18)14-16-20-8-12-24-16/h1-3,7-8,12H,4-6,9-11,13-14H2. The zero-order valence-corrected chi connectivity index (χ0v) is 14.5. The maximum atomic E-state index is 13.0. The Bertz CT molecular complexity index is 680. The molecule has 126 valence electrons. The Morgan fingerprint density at radius 1 is 1.04 bits per heavy atom. The molecule has 2 saturated heterocycles. The van der Waals surface area contributed by atoms with Crippen LogP contribution >= 0.6 is 11.3 Å². The highest BCUT2D eigenvalue weighted by molar-refractivity contribution is 7.09. The van der Waals surface area contributed by atoms with Crippen molar-refractivity contribution >= 4 is 17.2 Å². The maximum absolute atomic E-state index is 13.0. The number of nitrogens with zero attached hydrogens (tertiary/aromatic N) is 4. The smallest absolute Gasteiger partial charge is 0.229 e. The number of amides is 1. The molecule has 0 atom stereocenters. The summed E-state index contributed by atoms with van der Waals surface area (Å²) in [5.74, 6) is 0.335. The molecule has 1 amide bonds. The number of pyridine rings is 1. The van der Waals surface area contributed by atoms with E-state index in [1.807, 2.05) is 34.7 Å². The van der Waals surface area contributed by atoms with Crippen molar-refractivity contribution in [2.45, 2.75) is 32.4 Å². The van der Waals surface area contributed by atoms with Crippen molar-refractivity contribution in [1.29, 1.82) is 0 Å². The van der Waals surface area contributed by atoms with E-state index in [1.165, 1.54) is 5.01 Å². The molecule has 6 heteroatoms. The van der Waals surface area contributed by atoms with Crippen LogP contribution in [0.2, 0.25) is 0 Å². The van der Waals surface area contributed by atoms with E-state index in [0.29, 0.717) is 12.5 Å². The Balaban J connectivity index is 1.36. The lowest BCUT2D eigenvalue weighted by atomic mass is 9.77. The van der Waals surface area contributed by atoms with E-state index in [-0.39, 0.29) is 5.41 Å². The third kappa shape index (κ3) is 3.08. The van der Waals surface area contributed by atoms with Crippen molar-refractivity contribution in [2.75, 3.05) is 19.6 Å². The molecule has 2 fully saturated rings. The number of piperidine rings is 1. The van der Waals surface area contributed by atoms with Gasteiger partial charge in [0.1, 0.15) is 5.01 Å². The number of carbonyl (C=O) groups excluding carboxylic acids is 1. The zero-order valence-electron chi connectivity index (χ0n) is 13.7. The Hall–Kier alpha value is -1.79. The van der Waals surface area contributed by atoms with Gasteiger partial charge in [0.2, 0.25) is 5.91 Å². The molecule has 0 N–H and O–H groups in total. The first kappa shape index (κ1) is 15.7. The second-order valence-corrected chi connectivity index (χ2v) is 7.76. The molecule has 2 aliphatic heterocycles. The largest absolute Gasteiger partial charge is 0.336 e. The predicted octanol–water partition coefficient (Wildman–Crippen LogP) is 2.55. The summed E-state index contributed by atoms with van der Waals surface area (Å²) in [5.41, 5.74) is 0.845. The third-order valence-corrected chi connectivity index (χ3v) is 6.10. The summed E-state index contributed by atoms with van der Waals surface area (Å²) < 4.78 is 0. The average Bonchev–Trinajstić information content (AvgIpc) is 3.22. The van der Waals surface area contributed by atoms with Gasteiger partial charge in [-0.25, -0.2) is 4.98 Å². The van der Waals surface area contributed by atoms with Gasteiger partial charge in [-0.1, -0.05) is 6.07 Å². The summed E-state index contributed by atoms with van der Waals surface area (Å²) in [4.78, 5) is 26.1. The predicted molar refractivity (Wildman–Crippen MR) is 93.3 cm³/mol. The lowest BCUT2D eigenvalue weighted by Gasteiger charge is -2.37. The number of hydrogen-bond donors (Lipinski definition) is 0. The van der Waals surface area contributed by atoms with E-state index in [2.05, 4.69) is 14.9 Å². The van der Waals surface area contributed by atoms with Crippen LogP contribution in [0.4, 0.5) is 0 Å².